The number of nitrogens with zero attached hydrogens (tertiary/aromatic N) is 1. The molecule has 0 fully saturated rings. The van der Waals surface area contributed by atoms with Crippen LogP contribution in [0.5, 0.6) is 0 Å². The van der Waals surface area contributed by atoms with Crippen molar-refractivity contribution >= 4 is 0 Å². The summed E-state index contributed by atoms with van der Waals surface area (Å²) >= 11 is 0. The van der Waals surface area contributed by atoms with E-state index in [2.05, 4.69) is 6.07 Å². The van der Waals surface area contributed by atoms with Crippen LogP contribution in [0.25, 0.3) is 0 Å². The first kappa shape index (κ1) is 14.4. The van der Waals surface area contributed by atoms with E-state index < -0.39 is 0 Å². The van der Waals surface area contributed by atoms with Crippen LogP contribution in [0.2, 0.25) is 0 Å². The molecular weight excluding hydrogens is 186 g/mol. The van der Waals surface area contributed by atoms with Crippen LogP contribution in [0.1, 0.15) is 57.8 Å². The van der Waals surface area contributed by atoms with Crippen LogP contribution < -0.4 is 11.5 Å². The molecule has 0 aliphatic rings. The van der Waals surface area contributed by atoms with Crippen molar-refractivity contribution in [2.75, 3.05) is 6.54 Å². The molecule has 0 bridgehead atoms. The van der Waals surface area contributed by atoms with E-state index in [1.54, 1.807) is 0 Å². The van der Waals surface area contributed by atoms with Crippen molar-refractivity contribution < 1.29 is 0 Å². The van der Waals surface area contributed by atoms with Crippen LogP contribution in [0.3, 0.4) is 0 Å². The lowest BCUT2D eigenvalue weighted by molar-refractivity contribution is 0.497. The third-order valence-electron chi connectivity index (χ3n) is 2.64. The largest absolute Gasteiger partial charge is 0.330 e. The molecular formula is C12H25N3. The van der Waals surface area contributed by atoms with E-state index in [4.69, 9.17) is 16.7 Å². The third kappa shape index (κ3) is 11.3. The molecule has 0 saturated carbocycles. The van der Waals surface area contributed by atoms with Gasteiger partial charge in [0.15, 0.2) is 0 Å². The zero-order chi connectivity index (χ0) is 11.4. The Balaban J connectivity index is 3.12. The van der Waals surface area contributed by atoms with Gasteiger partial charge in [-0.25, -0.2) is 0 Å². The molecule has 0 radical (unpaired) electrons. The van der Waals surface area contributed by atoms with E-state index in [1.807, 2.05) is 0 Å². The second-order valence-electron chi connectivity index (χ2n) is 4.16. The molecule has 0 aliphatic carbocycles. The molecule has 88 valence electrons. The van der Waals surface area contributed by atoms with Crippen LogP contribution >= 0.6 is 0 Å². The average Bonchev–Trinajstić information content (AvgIpc) is 2.24. The van der Waals surface area contributed by atoms with E-state index in [0.717, 1.165) is 38.6 Å². The SMILES string of the molecule is N#CCCCCCC(N)CCCCCN. The van der Waals surface area contributed by atoms with Crippen LogP contribution in [-0.4, -0.2) is 12.6 Å². The summed E-state index contributed by atoms with van der Waals surface area (Å²) in [6.45, 7) is 0.795. The van der Waals surface area contributed by atoms with Gasteiger partial charge in [0.2, 0.25) is 0 Å². The van der Waals surface area contributed by atoms with Crippen LogP contribution in [-0.2, 0) is 0 Å². The van der Waals surface area contributed by atoms with Crippen molar-refractivity contribution in [1.29, 1.82) is 5.26 Å². The maximum Gasteiger partial charge on any atom is 0.0621 e. The van der Waals surface area contributed by atoms with E-state index in [-0.39, 0.29) is 0 Å². The Morgan fingerprint density at radius 3 is 2.07 bits per heavy atom. The summed E-state index contributed by atoms with van der Waals surface area (Å²) < 4.78 is 0. The molecule has 0 aromatic heterocycles. The number of unbranched alkanes of at least 4 members (excludes halogenated alkanes) is 5. The molecule has 1 unspecified atom stereocenters. The minimum atomic E-state index is 0.352. The molecule has 3 heteroatoms. The van der Waals surface area contributed by atoms with Crippen molar-refractivity contribution in [3.05, 3.63) is 0 Å². The molecule has 0 amide bonds. The fourth-order valence-corrected chi connectivity index (χ4v) is 1.66. The summed E-state index contributed by atoms with van der Waals surface area (Å²) in [5, 5.41) is 8.36. The predicted octanol–water partition coefficient (Wildman–Crippen LogP) is 2.31. The Hall–Kier alpha value is -0.590. The predicted molar refractivity (Wildman–Crippen MR) is 64.2 cm³/mol. The van der Waals surface area contributed by atoms with E-state index in [1.165, 1.54) is 19.3 Å². The highest BCUT2D eigenvalue weighted by molar-refractivity contribution is 4.68. The summed E-state index contributed by atoms with van der Waals surface area (Å²) in [6, 6.07) is 2.51. The smallest absolute Gasteiger partial charge is 0.0621 e. The molecule has 0 aromatic carbocycles. The summed E-state index contributed by atoms with van der Waals surface area (Å²) in [7, 11) is 0. The lowest BCUT2D eigenvalue weighted by Gasteiger charge is -2.10. The van der Waals surface area contributed by atoms with Crippen molar-refractivity contribution in [2.45, 2.75) is 63.8 Å². The van der Waals surface area contributed by atoms with Crippen LogP contribution in [0.15, 0.2) is 0 Å². The number of hydrogen-bond donors (Lipinski definition) is 2. The molecule has 15 heavy (non-hydrogen) atoms. The number of rotatable bonds is 10. The fraction of sp³-hybridized carbons (Fsp3) is 0.917. The highest BCUT2D eigenvalue weighted by Gasteiger charge is 2.01. The molecule has 0 aliphatic heterocycles. The Bertz CT molecular complexity index is 163. The Labute approximate surface area is 93.8 Å². The summed E-state index contributed by atoms with van der Waals surface area (Å²) in [5.74, 6) is 0. The molecule has 3 nitrogen and oxygen atoms in total. The summed E-state index contributed by atoms with van der Waals surface area (Å²) in [6.07, 6.45) is 9.78. The summed E-state index contributed by atoms with van der Waals surface area (Å²) in [5.41, 5.74) is 11.4. The second kappa shape index (κ2) is 11.5. The molecule has 0 aromatic rings. The Kier molecular flexibility index (Phi) is 11.0. The highest BCUT2D eigenvalue weighted by Crippen LogP contribution is 2.09. The van der Waals surface area contributed by atoms with Gasteiger partial charge in [0.25, 0.3) is 0 Å². The zero-order valence-corrected chi connectivity index (χ0v) is 9.75. The van der Waals surface area contributed by atoms with Gasteiger partial charge < -0.3 is 11.5 Å². The average molecular weight is 211 g/mol. The van der Waals surface area contributed by atoms with E-state index in [0.29, 0.717) is 12.5 Å². The molecule has 0 spiro atoms. The van der Waals surface area contributed by atoms with Crippen molar-refractivity contribution in [3.63, 3.8) is 0 Å². The Morgan fingerprint density at radius 2 is 1.53 bits per heavy atom. The highest BCUT2D eigenvalue weighted by atomic mass is 14.6. The quantitative estimate of drug-likeness (QED) is 0.544. The number of nitriles is 1. The first-order valence-corrected chi connectivity index (χ1v) is 6.14. The number of nitrogens with two attached hydrogens (primary N) is 2. The van der Waals surface area contributed by atoms with Gasteiger partial charge in [-0.05, 0) is 32.2 Å². The minimum absolute atomic E-state index is 0.352. The first-order chi connectivity index (χ1) is 7.31. The molecule has 4 N–H and O–H groups in total. The van der Waals surface area contributed by atoms with Gasteiger partial charge >= 0.3 is 0 Å². The van der Waals surface area contributed by atoms with Gasteiger partial charge in [-0.3, -0.25) is 0 Å². The van der Waals surface area contributed by atoms with Crippen molar-refractivity contribution in [2.24, 2.45) is 11.5 Å². The third-order valence-corrected chi connectivity index (χ3v) is 2.64. The number of hydrogen-bond acceptors (Lipinski definition) is 3. The normalized spacial score (nSPS) is 12.3. The maximum atomic E-state index is 8.36. The molecule has 0 rings (SSSR count). The first-order valence-electron chi connectivity index (χ1n) is 6.14. The summed E-state index contributed by atoms with van der Waals surface area (Å²) in [4.78, 5) is 0. The van der Waals surface area contributed by atoms with Gasteiger partial charge in [0, 0.05) is 12.5 Å². The van der Waals surface area contributed by atoms with Gasteiger partial charge in [-0.1, -0.05) is 25.7 Å². The lowest BCUT2D eigenvalue weighted by atomic mass is 10.0. The monoisotopic (exact) mass is 211 g/mol. The van der Waals surface area contributed by atoms with Gasteiger partial charge in [0.1, 0.15) is 0 Å². The standard InChI is InChI=1S/C12H25N3/c13-10-6-2-1-4-8-12(15)9-5-3-7-11-14/h12H,1-9,11,14-15H2. The maximum absolute atomic E-state index is 8.36. The topological polar surface area (TPSA) is 75.8 Å². The molecule has 0 saturated heterocycles. The Morgan fingerprint density at radius 1 is 0.933 bits per heavy atom. The molecule has 0 heterocycles. The fourth-order valence-electron chi connectivity index (χ4n) is 1.66. The van der Waals surface area contributed by atoms with Crippen LogP contribution in [0.4, 0.5) is 0 Å². The second-order valence-corrected chi connectivity index (χ2v) is 4.16. The zero-order valence-electron chi connectivity index (χ0n) is 9.75. The van der Waals surface area contributed by atoms with Gasteiger partial charge in [0.05, 0.1) is 6.07 Å². The van der Waals surface area contributed by atoms with E-state index >= 15 is 0 Å². The lowest BCUT2D eigenvalue weighted by Crippen LogP contribution is -2.19. The molecule has 1 atom stereocenters. The van der Waals surface area contributed by atoms with E-state index in [9.17, 15) is 0 Å². The minimum Gasteiger partial charge on any atom is -0.330 e. The van der Waals surface area contributed by atoms with Gasteiger partial charge in [-0.15, -0.1) is 0 Å². The van der Waals surface area contributed by atoms with Crippen LogP contribution in [0, 0.1) is 11.3 Å². The van der Waals surface area contributed by atoms with Crippen molar-refractivity contribution in [1.82, 2.24) is 0 Å². The van der Waals surface area contributed by atoms with Crippen molar-refractivity contribution in [3.8, 4) is 6.07 Å². The van der Waals surface area contributed by atoms with Gasteiger partial charge in [-0.2, -0.15) is 5.26 Å².